The number of halogens is 1. The molecule has 0 aromatic heterocycles. The second-order valence-electron chi connectivity index (χ2n) is 6.46. The number of amides is 4. The molecule has 1 heterocycles. The lowest BCUT2D eigenvalue weighted by molar-refractivity contribution is -0.133. The summed E-state index contributed by atoms with van der Waals surface area (Å²) in [5.74, 6) is -0.247. The number of nitrogens with zero attached hydrogens (tertiary/aromatic N) is 1. The van der Waals surface area contributed by atoms with Gasteiger partial charge in [-0.1, -0.05) is 28.1 Å². The average Bonchev–Trinajstić information content (AvgIpc) is 2.88. The maximum absolute atomic E-state index is 12.9. The van der Waals surface area contributed by atoms with Crippen LogP contribution >= 0.6 is 15.9 Å². The Morgan fingerprint density at radius 2 is 1.93 bits per heavy atom. The van der Waals surface area contributed by atoms with Crippen LogP contribution < -0.4 is 15.4 Å². The van der Waals surface area contributed by atoms with E-state index in [1.165, 1.54) is 0 Å². The van der Waals surface area contributed by atoms with Crippen LogP contribution in [-0.2, 0) is 15.1 Å². The van der Waals surface area contributed by atoms with Crippen molar-refractivity contribution in [2.75, 3.05) is 18.5 Å². The third-order valence-corrected chi connectivity index (χ3v) is 4.92. The molecule has 1 unspecified atom stereocenters. The average molecular weight is 446 g/mol. The second-order valence-corrected chi connectivity index (χ2v) is 7.38. The van der Waals surface area contributed by atoms with Crippen molar-refractivity contribution in [3.63, 3.8) is 0 Å². The predicted octanol–water partition coefficient (Wildman–Crippen LogP) is 3.25. The molecular formula is C20H20BrN3O4. The number of imide groups is 1. The Morgan fingerprint density at radius 1 is 1.21 bits per heavy atom. The van der Waals surface area contributed by atoms with Gasteiger partial charge < -0.3 is 15.4 Å². The first kappa shape index (κ1) is 19.9. The molecule has 1 saturated heterocycles. The number of rotatable bonds is 6. The molecule has 2 aromatic rings. The van der Waals surface area contributed by atoms with Gasteiger partial charge >= 0.3 is 6.03 Å². The number of carbonyl (C=O) groups is 3. The van der Waals surface area contributed by atoms with Gasteiger partial charge in [0, 0.05) is 10.2 Å². The minimum Gasteiger partial charge on any atom is -0.494 e. The van der Waals surface area contributed by atoms with E-state index in [4.69, 9.17) is 4.74 Å². The predicted molar refractivity (Wildman–Crippen MR) is 108 cm³/mol. The topological polar surface area (TPSA) is 87.7 Å². The Labute approximate surface area is 171 Å². The number of nitrogens with one attached hydrogen (secondary N) is 2. The van der Waals surface area contributed by atoms with Crippen LogP contribution in [0, 0.1) is 0 Å². The van der Waals surface area contributed by atoms with E-state index < -0.39 is 23.4 Å². The molecule has 4 amide bonds. The lowest BCUT2D eigenvalue weighted by Gasteiger charge is -2.22. The van der Waals surface area contributed by atoms with Crippen LogP contribution in [0.25, 0.3) is 0 Å². The van der Waals surface area contributed by atoms with E-state index in [1.807, 2.05) is 13.0 Å². The quantitative estimate of drug-likeness (QED) is 0.667. The van der Waals surface area contributed by atoms with Crippen LogP contribution in [0.15, 0.2) is 53.0 Å². The summed E-state index contributed by atoms with van der Waals surface area (Å²) in [5.41, 5.74) is -0.0368. The molecule has 146 valence electrons. The van der Waals surface area contributed by atoms with Crippen molar-refractivity contribution in [3.8, 4) is 5.75 Å². The monoisotopic (exact) mass is 445 g/mol. The number of hydrogen-bond acceptors (Lipinski definition) is 4. The third kappa shape index (κ3) is 4.01. The standard InChI is InChI=1S/C20H20BrN3O4/c1-3-28-16-9-7-15(8-10-16)22-17(25)12-24-18(26)20(2,23-19(24)27)13-5-4-6-14(21)11-13/h4-11H,3,12H2,1-2H3,(H,22,25)(H,23,27). The molecule has 1 aliphatic rings. The Balaban J connectivity index is 1.69. The third-order valence-electron chi connectivity index (χ3n) is 4.43. The lowest BCUT2D eigenvalue weighted by atomic mass is 9.92. The van der Waals surface area contributed by atoms with Gasteiger partial charge in [-0.2, -0.15) is 0 Å². The van der Waals surface area contributed by atoms with Crippen LogP contribution in [0.2, 0.25) is 0 Å². The summed E-state index contributed by atoms with van der Waals surface area (Å²) in [6, 6.07) is 13.4. The van der Waals surface area contributed by atoms with E-state index >= 15 is 0 Å². The molecule has 0 bridgehead atoms. The molecule has 3 rings (SSSR count). The molecule has 2 aromatic carbocycles. The number of carbonyl (C=O) groups excluding carboxylic acids is 3. The van der Waals surface area contributed by atoms with Crippen LogP contribution in [0.4, 0.5) is 10.5 Å². The maximum atomic E-state index is 12.9. The van der Waals surface area contributed by atoms with Gasteiger partial charge in [0.2, 0.25) is 5.91 Å². The first-order valence-electron chi connectivity index (χ1n) is 8.76. The summed E-state index contributed by atoms with van der Waals surface area (Å²) in [7, 11) is 0. The zero-order valence-electron chi connectivity index (χ0n) is 15.5. The van der Waals surface area contributed by atoms with Gasteiger partial charge in [0.25, 0.3) is 5.91 Å². The first-order chi connectivity index (χ1) is 13.3. The van der Waals surface area contributed by atoms with E-state index in [2.05, 4.69) is 26.6 Å². The maximum Gasteiger partial charge on any atom is 0.325 e. The Bertz CT molecular complexity index is 916. The highest BCUT2D eigenvalue weighted by atomic mass is 79.9. The zero-order valence-corrected chi connectivity index (χ0v) is 17.1. The summed E-state index contributed by atoms with van der Waals surface area (Å²) < 4.78 is 6.14. The molecule has 8 heteroatoms. The summed E-state index contributed by atoms with van der Waals surface area (Å²) in [5, 5.41) is 5.36. The Morgan fingerprint density at radius 3 is 2.57 bits per heavy atom. The Kier molecular flexibility index (Phi) is 5.69. The van der Waals surface area contributed by atoms with Gasteiger partial charge in [0.1, 0.15) is 17.8 Å². The summed E-state index contributed by atoms with van der Waals surface area (Å²) >= 11 is 3.37. The van der Waals surface area contributed by atoms with Gasteiger partial charge in [-0.05, 0) is 55.8 Å². The van der Waals surface area contributed by atoms with E-state index in [0.29, 0.717) is 23.6 Å². The summed E-state index contributed by atoms with van der Waals surface area (Å²) in [6.07, 6.45) is 0. The highest BCUT2D eigenvalue weighted by molar-refractivity contribution is 9.10. The smallest absolute Gasteiger partial charge is 0.325 e. The van der Waals surface area contributed by atoms with Crippen molar-refractivity contribution in [2.24, 2.45) is 0 Å². The van der Waals surface area contributed by atoms with E-state index in [0.717, 1.165) is 9.37 Å². The number of hydrogen-bond donors (Lipinski definition) is 2. The molecule has 7 nitrogen and oxygen atoms in total. The molecule has 1 aliphatic heterocycles. The number of urea groups is 1. The summed E-state index contributed by atoms with van der Waals surface area (Å²) in [6.45, 7) is 3.69. The minimum atomic E-state index is -1.22. The highest BCUT2D eigenvalue weighted by Gasteiger charge is 2.49. The first-order valence-corrected chi connectivity index (χ1v) is 9.55. The summed E-state index contributed by atoms with van der Waals surface area (Å²) in [4.78, 5) is 38.5. The highest BCUT2D eigenvalue weighted by Crippen LogP contribution is 2.30. The second kappa shape index (κ2) is 8.02. The molecular weight excluding hydrogens is 426 g/mol. The number of benzene rings is 2. The van der Waals surface area contributed by atoms with Gasteiger partial charge in [0.05, 0.1) is 6.61 Å². The SMILES string of the molecule is CCOc1ccc(NC(=O)CN2C(=O)NC(C)(c3cccc(Br)c3)C2=O)cc1. The molecule has 1 atom stereocenters. The zero-order chi connectivity index (χ0) is 20.3. The van der Waals surface area contributed by atoms with E-state index in [1.54, 1.807) is 49.4 Å². The molecule has 0 saturated carbocycles. The molecule has 28 heavy (non-hydrogen) atoms. The van der Waals surface area contributed by atoms with Gasteiger partial charge in [-0.15, -0.1) is 0 Å². The normalized spacial score (nSPS) is 18.8. The number of ether oxygens (including phenoxy) is 1. The van der Waals surface area contributed by atoms with Crippen molar-refractivity contribution in [1.29, 1.82) is 0 Å². The van der Waals surface area contributed by atoms with Crippen molar-refractivity contribution in [3.05, 3.63) is 58.6 Å². The minimum absolute atomic E-state index is 0.374. The van der Waals surface area contributed by atoms with Crippen LogP contribution in [0.3, 0.4) is 0 Å². The fraction of sp³-hybridized carbons (Fsp3) is 0.250. The van der Waals surface area contributed by atoms with E-state index in [9.17, 15) is 14.4 Å². The largest absolute Gasteiger partial charge is 0.494 e. The van der Waals surface area contributed by atoms with Gasteiger partial charge in [0.15, 0.2) is 0 Å². The fourth-order valence-corrected chi connectivity index (χ4v) is 3.38. The van der Waals surface area contributed by atoms with Crippen LogP contribution in [0.1, 0.15) is 19.4 Å². The number of anilines is 1. The molecule has 0 aliphatic carbocycles. The van der Waals surface area contributed by atoms with Gasteiger partial charge in [-0.3, -0.25) is 14.5 Å². The van der Waals surface area contributed by atoms with Crippen LogP contribution in [0.5, 0.6) is 5.75 Å². The van der Waals surface area contributed by atoms with Crippen molar-refractivity contribution < 1.29 is 19.1 Å². The van der Waals surface area contributed by atoms with Crippen molar-refractivity contribution in [1.82, 2.24) is 10.2 Å². The molecule has 2 N–H and O–H groups in total. The van der Waals surface area contributed by atoms with Crippen molar-refractivity contribution >= 4 is 39.5 Å². The Hall–Kier alpha value is -2.87. The van der Waals surface area contributed by atoms with E-state index in [-0.39, 0.29) is 6.54 Å². The van der Waals surface area contributed by atoms with Crippen LogP contribution in [-0.4, -0.2) is 35.9 Å². The van der Waals surface area contributed by atoms with Gasteiger partial charge in [-0.25, -0.2) is 4.79 Å². The molecule has 0 radical (unpaired) electrons. The fourth-order valence-electron chi connectivity index (χ4n) is 2.98. The molecule has 0 spiro atoms. The van der Waals surface area contributed by atoms with Crippen molar-refractivity contribution in [2.45, 2.75) is 19.4 Å². The molecule has 1 fully saturated rings. The lowest BCUT2D eigenvalue weighted by Crippen LogP contribution is -2.42.